The van der Waals surface area contributed by atoms with E-state index in [1.54, 1.807) is 0 Å². The highest BCUT2D eigenvalue weighted by atomic mass is 15.0. The molecule has 0 unspecified atom stereocenters. The molecule has 0 N–H and O–H groups in total. The second kappa shape index (κ2) is 12.4. The molecule has 0 saturated carbocycles. The summed E-state index contributed by atoms with van der Waals surface area (Å²) in [6.45, 7) is 0. The summed E-state index contributed by atoms with van der Waals surface area (Å²) < 4.78 is 0. The minimum atomic E-state index is 0.638. The van der Waals surface area contributed by atoms with Gasteiger partial charge in [0.2, 0.25) is 0 Å². The Kier molecular flexibility index (Phi) is 7.14. The molecule has 242 valence electrons. The van der Waals surface area contributed by atoms with E-state index < -0.39 is 0 Å². The van der Waals surface area contributed by atoms with Crippen molar-refractivity contribution in [1.29, 1.82) is 0 Å². The first kappa shape index (κ1) is 29.9. The third-order valence-electron chi connectivity index (χ3n) is 10.1. The molecule has 3 heteroatoms. The van der Waals surface area contributed by atoms with Crippen molar-refractivity contribution in [3.05, 3.63) is 188 Å². The molecule has 0 amide bonds. The zero-order valence-electron chi connectivity index (χ0n) is 28.2. The number of hydrogen-bond donors (Lipinski definition) is 0. The SMILES string of the molecule is c1ccc(-c2ccc(-c3nc(-c4ccccc4)nc(-c4c5ccccc5c(-c5ccc6ccccc6c5)c5ccc6ccccc6c45)n3)cc2)cc1. The first-order valence-electron chi connectivity index (χ1n) is 17.6. The Morgan fingerprint density at radius 3 is 1.42 bits per heavy atom. The van der Waals surface area contributed by atoms with Crippen molar-refractivity contribution in [3.63, 3.8) is 0 Å². The quantitative estimate of drug-likeness (QED) is 0.136. The number of benzene rings is 9. The van der Waals surface area contributed by atoms with Crippen molar-refractivity contribution in [2.24, 2.45) is 0 Å². The lowest BCUT2D eigenvalue weighted by Crippen LogP contribution is -2.02. The maximum atomic E-state index is 5.33. The zero-order valence-corrected chi connectivity index (χ0v) is 28.2. The van der Waals surface area contributed by atoms with Gasteiger partial charge >= 0.3 is 0 Å². The summed E-state index contributed by atoms with van der Waals surface area (Å²) in [5.41, 5.74) is 7.60. The Bertz CT molecular complexity index is 2930. The van der Waals surface area contributed by atoms with Gasteiger partial charge in [0.1, 0.15) is 0 Å². The predicted molar refractivity (Wildman–Crippen MR) is 217 cm³/mol. The monoisotopic (exact) mass is 661 g/mol. The molecule has 0 aliphatic rings. The maximum absolute atomic E-state index is 5.33. The molecule has 52 heavy (non-hydrogen) atoms. The summed E-state index contributed by atoms with van der Waals surface area (Å²) >= 11 is 0. The van der Waals surface area contributed by atoms with Crippen LogP contribution in [-0.2, 0) is 0 Å². The van der Waals surface area contributed by atoms with Crippen LogP contribution in [0.2, 0.25) is 0 Å². The predicted octanol–water partition coefficient (Wildman–Crippen LogP) is 12.8. The van der Waals surface area contributed by atoms with Crippen LogP contribution in [0.4, 0.5) is 0 Å². The molecule has 9 aromatic carbocycles. The normalized spacial score (nSPS) is 11.5. The zero-order chi connectivity index (χ0) is 34.4. The molecule has 1 heterocycles. The van der Waals surface area contributed by atoms with Gasteiger partial charge in [-0.3, -0.25) is 0 Å². The first-order chi connectivity index (χ1) is 25.8. The summed E-state index contributed by atoms with van der Waals surface area (Å²) in [6.07, 6.45) is 0. The second-order valence-corrected chi connectivity index (χ2v) is 13.2. The number of fused-ring (bicyclic) bond motifs is 5. The molecule has 0 spiro atoms. The fraction of sp³-hybridized carbons (Fsp3) is 0. The van der Waals surface area contributed by atoms with E-state index in [-0.39, 0.29) is 0 Å². The summed E-state index contributed by atoms with van der Waals surface area (Å²) in [5, 5.41) is 9.34. The fourth-order valence-electron chi connectivity index (χ4n) is 7.61. The lowest BCUT2D eigenvalue weighted by atomic mass is 9.85. The number of nitrogens with zero attached hydrogens (tertiary/aromatic N) is 3. The Hall–Kier alpha value is -6.97. The topological polar surface area (TPSA) is 38.7 Å². The fourth-order valence-corrected chi connectivity index (χ4v) is 7.61. The van der Waals surface area contributed by atoms with Gasteiger partial charge < -0.3 is 0 Å². The van der Waals surface area contributed by atoms with Gasteiger partial charge in [-0.1, -0.05) is 182 Å². The van der Waals surface area contributed by atoms with Crippen molar-refractivity contribution >= 4 is 43.1 Å². The van der Waals surface area contributed by atoms with Crippen LogP contribution in [0, 0.1) is 0 Å². The van der Waals surface area contributed by atoms with Crippen LogP contribution in [0.3, 0.4) is 0 Å². The van der Waals surface area contributed by atoms with Crippen LogP contribution in [0.25, 0.3) is 99.5 Å². The molecule has 1 aromatic heterocycles. The molecule has 0 atom stereocenters. The molecule has 0 bridgehead atoms. The molecular formula is C49H31N3. The van der Waals surface area contributed by atoms with Crippen LogP contribution < -0.4 is 0 Å². The minimum absolute atomic E-state index is 0.638. The van der Waals surface area contributed by atoms with E-state index in [1.165, 1.54) is 38.2 Å². The van der Waals surface area contributed by atoms with E-state index in [1.807, 2.05) is 24.3 Å². The maximum Gasteiger partial charge on any atom is 0.165 e. The Labute approximate surface area is 301 Å². The average molecular weight is 662 g/mol. The van der Waals surface area contributed by atoms with E-state index in [2.05, 4.69) is 164 Å². The largest absolute Gasteiger partial charge is 0.208 e. The van der Waals surface area contributed by atoms with Crippen molar-refractivity contribution in [2.45, 2.75) is 0 Å². The Morgan fingerprint density at radius 2 is 0.712 bits per heavy atom. The van der Waals surface area contributed by atoms with Gasteiger partial charge in [0.25, 0.3) is 0 Å². The van der Waals surface area contributed by atoms with Gasteiger partial charge in [-0.05, 0) is 66.0 Å². The summed E-state index contributed by atoms with van der Waals surface area (Å²) in [4.78, 5) is 15.7. The molecule has 0 aliphatic carbocycles. The summed E-state index contributed by atoms with van der Waals surface area (Å²) in [5.74, 6) is 1.93. The third kappa shape index (κ3) is 5.10. The van der Waals surface area contributed by atoms with E-state index in [9.17, 15) is 0 Å². The van der Waals surface area contributed by atoms with Gasteiger partial charge in [-0.2, -0.15) is 0 Å². The smallest absolute Gasteiger partial charge is 0.165 e. The van der Waals surface area contributed by atoms with Gasteiger partial charge in [0.05, 0.1) is 0 Å². The molecular weight excluding hydrogens is 631 g/mol. The molecule has 10 aromatic rings. The van der Waals surface area contributed by atoms with E-state index in [4.69, 9.17) is 15.0 Å². The summed E-state index contributed by atoms with van der Waals surface area (Å²) in [7, 11) is 0. The Balaban J connectivity index is 1.29. The highest BCUT2D eigenvalue weighted by Crippen LogP contribution is 2.46. The number of rotatable bonds is 5. The number of aromatic nitrogens is 3. The van der Waals surface area contributed by atoms with Gasteiger partial charge in [-0.25, -0.2) is 15.0 Å². The summed E-state index contributed by atoms with van der Waals surface area (Å²) in [6, 6.07) is 66.4. The molecule has 3 nitrogen and oxygen atoms in total. The van der Waals surface area contributed by atoms with E-state index in [0.717, 1.165) is 43.8 Å². The van der Waals surface area contributed by atoms with Crippen molar-refractivity contribution < 1.29 is 0 Å². The van der Waals surface area contributed by atoms with Gasteiger partial charge in [0, 0.05) is 22.1 Å². The molecule has 0 saturated heterocycles. The molecule has 10 rings (SSSR count). The Morgan fingerprint density at radius 1 is 0.250 bits per heavy atom. The molecule has 0 fully saturated rings. The standard InChI is InChI=1S/C49H31N3/c1-3-13-32(14-4-1)34-23-26-37(27-24-34)48-50-47(36-17-5-2-6-18-36)51-49(52-48)46-42-22-12-11-21-41(42)44(39-28-25-33-15-7-8-19-38(33)31-39)43-30-29-35-16-9-10-20-40(35)45(43)46/h1-31H. The van der Waals surface area contributed by atoms with Crippen molar-refractivity contribution in [1.82, 2.24) is 15.0 Å². The number of hydrogen-bond acceptors (Lipinski definition) is 3. The van der Waals surface area contributed by atoms with Crippen molar-refractivity contribution in [3.8, 4) is 56.4 Å². The van der Waals surface area contributed by atoms with E-state index in [0.29, 0.717) is 17.5 Å². The van der Waals surface area contributed by atoms with Crippen molar-refractivity contribution in [2.75, 3.05) is 0 Å². The highest BCUT2D eigenvalue weighted by Gasteiger charge is 2.22. The van der Waals surface area contributed by atoms with Crippen LogP contribution in [0.1, 0.15) is 0 Å². The van der Waals surface area contributed by atoms with Gasteiger partial charge in [-0.15, -0.1) is 0 Å². The van der Waals surface area contributed by atoms with E-state index >= 15 is 0 Å². The molecule has 0 radical (unpaired) electrons. The first-order valence-corrected chi connectivity index (χ1v) is 17.6. The highest BCUT2D eigenvalue weighted by molar-refractivity contribution is 6.27. The lowest BCUT2D eigenvalue weighted by Gasteiger charge is -2.19. The molecule has 0 aliphatic heterocycles. The lowest BCUT2D eigenvalue weighted by molar-refractivity contribution is 1.08. The third-order valence-corrected chi connectivity index (χ3v) is 10.1. The van der Waals surface area contributed by atoms with Crippen LogP contribution >= 0.6 is 0 Å². The second-order valence-electron chi connectivity index (χ2n) is 13.2. The van der Waals surface area contributed by atoms with Crippen LogP contribution in [0.15, 0.2) is 188 Å². The van der Waals surface area contributed by atoms with Crippen LogP contribution in [-0.4, -0.2) is 15.0 Å². The van der Waals surface area contributed by atoms with Crippen LogP contribution in [0.5, 0.6) is 0 Å². The average Bonchev–Trinajstić information content (AvgIpc) is 3.23. The van der Waals surface area contributed by atoms with Gasteiger partial charge in [0.15, 0.2) is 17.5 Å². The minimum Gasteiger partial charge on any atom is -0.208 e.